The zero-order valence-electron chi connectivity index (χ0n) is 15.4. The van der Waals surface area contributed by atoms with E-state index < -0.39 is 0 Å². The van der Waals surface area contributed by atoms with E-state index >= 15 is 0 Å². The largest absolute Gasteiger partial charge is 0.337 e. The van der Waals surface area contributed by atoms with E-state index in [2.05, 4.69) is 33.7 Å². The fourth-order valence-electron chi connectivity index (χ4n) is 4.71. The molecule has 3 heterocycles. The summed E-state index contributed by atoms with van der Waals surface area (Å²) in [5.74, 6) is 1.13. The van der Waals surface area contributed by atoms with Crippen molar-refractivity contribution in [2.24, 2.45) is 5.41 Å². The average molecular weight is 349 g/mol. The standard InChI is InChI=1S/C22H27N3O/c26-21(24-15-12-22(10-11-22)13-16-24)19-18-9-5-2-6-14-25(18)20(23-19)17-7-3-1-4-8-17/h1,3-4,7-8H,2,5-6,9-16H2. The highest BCUT2D eigenvalue weighted by Gasteiger charge is 2.45. The first-order chi connectivity index (χ1) is 12.8. The summed E-state index contributed by atoms with van der Waals surface area (Å²) in [6.45, 7) is 2.79. The summed E-state index contributed by atoms with van der Waals surface area (Å²) in [5.41, 5.74) is 3.60. The molecule has 1 saturated heterocycles. The van der Waals surface area contributed by atoms with Gasteiger partial charge in [-0.15, -0.1) is 0 Å². The van der Waals surface area contributed by atoms with Gasteiger partial charge in [-0.2, -0.15) is 0 Å². The van der Waals surface area contributed by atoms with E-state index in [0.29, 0.717) is 5.41 Å². The van der Waals surface area contributed by atoms with Gasteiger partial charge >= 0.3 is 0 Å². The predicted molar refractivity (Wildman–Crippen MR) is 102 cm³/mol. The maximum absolute atomic E-state index is 13.3. The number of fused-ring (bicyclic) bond motifs is 1. The molecule has 4 heteroatoms. The lowest BCUT2D eigenvalue weighted by atomic mass is 9.93. The molecule has 2 aliphatic heterocycles. The molecule has 0 atom stereocenters. The maximum Gasteiger partial charge on any atom is 0.274 e. The first-order valence-electron chi connectivity index (χ1n) is 10.2. The van der Waals surface area contributed by atoms with Gasteiger partial charge in [-0.25, -0.2) is 4.98 Å². The van der Waals surface area contributed by atoms with Crippen molar-refractivity contribution in [2.45, 2.75) is 57.9 Å². The Balaban J connectivity index is 1.50. The van der Waals surface area contributed by atoms with Crippen LogP contribution in [0.5, 0.6) is 0 Å². The van der Waals surface area contributed by atoms with Crippen molar-refractivity contribution in [2.75, 3.05) is 13.1 Å². The van der Waals surface area contributed by atoms with Gasteiger partial charge in [0, 0.05) is 25.2 Å². The third-order valence-electron chi connectivity index (χ3n) is 6.67. The second-order valence-electron chi connectivity index (χ2n) is 8.35. The highest BCUT2D eigenvalue weighted by atomic mass is 16.2. The van der Waals surface area contributed by atoms with Crippen LogP contribution in [0, 0.1) is 5.41 Å². The molecular weight excluding hydrogens is 322 g/mol. The van der Waals surface area contributed by atoms with Gasteiger partial charge in [-0.05, 0) is 50.4 Å². The van der Waals surface area contributed by atoms with Crippen molar-refractivity contribution >= 4 is 5.91 Å². The number of benzene rings is 1. The number of likely N-dealkylation sites (tertiary alicyclic amines) is 1. The van der Waals surface area contributed by atoms with E-state index in [0.717, 1.165) is 55.3 Å². The highest BCUT2D eigenvalue weighted by Crippen LogP contribution is 2.53. The number of imidazole rings is 1. The fourth-order valence-corrected chi connectivity index (χ4v) is 4.71. The fraction of sp³-hybridized carbons (Fsp3) is 0.545. The van der Waals surface area contributed by atoms with E-state index in [1.165, 1.54) is 38.5 Å². The van der Waals surface area contributed by atoms with E-state index in [4.69, 9.17) is 4.98 Å². The molecule has 0 unspecified atom stereocenters. The number of rotatable bonds is 2. The molecule has 5 rings (SSSR count). The van der Waals surface area contributed by atoms with Crippen LogP contribution in [0.1, 0.15) is 61.1 Å². The number of amides is 1. The molecule has 2 aromatic rings. The van der Waals surface area contributed by atoms with Crippen LogP contribution in [0.15, 0.2) is 30.3 Å². The van der Waals surface area contributed by atoms with Crippen LogP contribution < -0.4 is 0 Å². The smallest absolute Gasteiger partial charge is 0.274 e. The molecular formula is C22H27N3O. The van der Waals surface area contributed by atoms with Gasteiger partial charge < -0.3 is 9.47 Å². The lowest BCUT2D eigenvalue weighted by Crippen LogP contribution is -2.39. The molecule has 2 fully saturated rings. The van der Waals surface area contributed by atoms with Crippen molar-refractivity contribution in [1.82, 2.24) is 14.5 Å². The zero-order valence-corrected chi connectivity index (χ0v) is 15.4. The molecule has 0 radical (unpaired) electrons. The van der Waals surface area contributed by atoms with Gasteiger partial charge in [-0.3, -0.25) is 4.79 Å². The topological polar surface area (TPSA) is 38.1 Å². The maximum atomic E-state index is 13.3. The monoisotopic (exact) mass is 349 g/mol. The summed E-state index contributed by atoms with van der Waals surface area (Å²) in [4.78, 5) is 20.3. The number of carbonyl (C=O) groups is 1. The SMILES string of the molecule is O=C(c1nc(-c2ccccc2)n2c1CCCCC2)N1CCC2(CC1)CC2. The van der Waals surface area contributed by atoms with Gasteiger partial charge in [0.1, 0.15) is 11.5 Å². The molecule has 26 heavy (non-hydrogen) atoms. The molecule has 3 aliphatic rings. The average Bonchev–Trinajstić information content (AvgIpc) is 3.40. The minimum Gasteiger partial charge on any atom is -0.337 e. The van der Waals surface area contributed by atoms with Crippen LogP contribution in [-0.2, 0) is 13.0 Å². The number of nitrogens with zero attached hydrogens (tertiary/aromatic N) is 3. The lowest BCUT2D eigenvalue weighted by Gasteiger charge is -2.31. The Morgan fingerprint density at radius 1 is 0.923 bits per heavy atom. The van der Waals surface area contributed by atoms with E-state index in [1.54, 1.807) is 0 Å². The molecule has 1 saturated carbocycles. The van der Waals surface area contributed by atoms with E-state index in [1.807, 2.05) is 6.07 Å². The minimum absolute atomic E-state index is 0.160. The first kappa shape index (κ1) is 16.1. The highest BCUT2D eigenvalue weighted by molar-refractivity contribution is 5.94. The summed E-state index contributed by atoms with van der Waals surface area (Å²) in [6, 6.07) is 10.3. The van der Waals surface area contributed by atoms with E-state index in [-0.39, 0.29) is 5.91 Å². The van der Waals surface area contributed by atoms with Gasteiger partial charge in [0.15, 0.2) is 0 Å². The summed E-state index contributed by atoms with van der Waals surface area (Å²) in [6.07, 6.45) is 9.63. The number of hydrogen-bond donors (Lipinski definition) is 0. The van der Waals surface area contributed by atoms with E-state index in [9.17, 15) is 4.79 Å². The molecule has 0 N–H and O–H groups in total. The van der Waals surface area contributed by atoms with Crippen LogP contribution in [0.3, 0.4) is 0 Å². The summed E-state index contributed by atoms with van der Waals surface area (Å²) in [5, 5.41) is 0. The van der Waals surface area contributed by atoms with Gasteiger partial charge in [0.05, 0.1) is 5.69 Å². The van der Waals surface area contributed by atoms with Crippen molar-refractivity contribution < 1.29 is 4.79 Å². The quantitative estimate of drug-likeness (QED) is 0.811. The molecule has 1 aliphatic carbocycles. The lowest BCUT2D eigenvalue weighted by molar-refractivity contribution is 0.0672. The van der Waals surface area contributed by atoms with Crippen LogP contribution in [0.25, 0.3) is 11.4 Å². The number of carbonyl (C=O) groups excluding carboxylic acids is 1. The van der Waals surface area contributed by atoms with Crippen LogP contribution >= 0.6 is 0 Å². The molecule has 1 amide bonds. The first-order valence-corrected chi connectivity index (χ1v) is 10.2. The second kappa shape index (κ2) is 6.26. The number of hydrogen-bond acceptors (Lipinski definition) is 2. The Kier molecular flexibility index (Phi) is 3.87. The summed E-state index contributed by atoms with van der Waals surface area (Å²) >= 11 is 0. The Morgan fingerprint density at radius 2 is 1.69 bits per heavy atom. The third kappa shape index (κ3) is 2.76. The Hall–Kier alpha value is -2.10. The van der Waals surface area contributed by atoms with Crippen LogP contribution in [-0.4, -0.2) is 33.4 Å². The Labute approximate surface area is 155 Å². The predicted octanol–water partition coefficient (Wildman–Crippen LogP) is 4.29. The van der Waals surface area contributed by atoms with Crippen LogP contribution in [0.2, 0.25) is 0 Å². The molecule has 4 nitrogen and oxygen atoms in total. The summed E-state index contributed by atoms with van der Waals surface area (Å²) in [7, 11) is 0. The second-order valence-corrected chi connectivity index (χ2v) is 8.35. The molecule has 1 spiro atoms. The molecule has 1 aromatic carbocycles. The molecule has 136 valence electrons. The zero-order chi connectivity index (χ0) is 17.6. The summed E-state index contributed by atoms with van der Waals surface area (Å²) < 4.78 is 2.32. The molecule has 1 aromatic heterocycles. The van der Waals surface area contributed by atoms with Gasteiger partial charge in [0.2, 0.25) is 0 Å². The van der Waals surface area contributed by atoms with Crippen molar-refractivity contribution in [3.63, 3.8) is 0 Å². The Morgan fingerprint density at radius 3 is 2.42 bits per heavy atom. The molecule has 0 bridgehead atoms. The van der Waals surface area contributed by atoms with Gasteiger partial charge in [-0.1, -0.05) is 36.8 Å². The third-order valence-corrected chi connectivity index (χ3v) is 6.67. The van der Waals surface area contributed by atoms with Gasteiger partial charge in [0.25, 0.3) is 5.91 Å². The minimum atomic E-state index is 0.160. The normalized spacial score (nSPS) is 21.3. The van der Waals surface area contributed by atoms with Crippen molar-refractivity contribution in [3.8, 4) is 11.4 Å². The van der Waals surface area contributed by atoms with Crippen molar-refractivity contribution in [3.05, 3.63) is 41.7 Å². The number of piperidine rings is 1. The van der Waals surface area contributed by atoms with Crippen molar-refractivity contribution in [1.29, 1.82) is 0 Å². The Bertz CT molecular complexity index is 809. The number of aromatic nitrogens is 2. The van der Waals surface area contributed by atoms with Crippen LogP contribution in [0.4, 0.5) is 0 Å².